The molecular formula is C22H16N2O3. The van der Waals surface area contributed by atoms with Crippen molar-refractivity contribution in [1.82, 2.24) is 0 Å². The van der Waals surface area contributed by atoms with E-state index >= 15 is 0 Å². The summed E-state index contributed by atoms with van der Waals surface area (Å²) in [4.78, 5) is 23.7. The van der Waals surface area contributed by atoms with Crippen molar-refractivity contribution in [3.05, 3.63) is 107 Å². The van der Waals surface area contributed by atoms with E-state index in [4.69, 9.17) is 5.11 Å². The van der Waals surface area contributed by atoms with Crippen LogP contribution in [0.1, 0.15) is 31.8 Å². The summed E-state index contributed by atoms with van der Waals surface area (Å²) in [5, 5.41) is 17.1. The van der Waals surface area contributed by atoms with Crippen LogP contribution in [0.3, 0.4) is 0 Å². The Bertz CT molecular complexity index is 993. The molecule has 3 rings (SSSR count). The van der Waals surface area contributed by atoms with Crippen LogP contribution in [0.2, 0.25) is 0 Å². The molecular weight excluding hydrogens is 340 g/mol. The van der Waals surface area contributed by atoms with Gasteiger partial charge < -0.3 is 5.11 Å². The first-order valence-corrected chi connectivity index (χ1v) is 8.25. The van der Waals surface area contributed by atoms with Crippen LogP contribution < -0.4 is 0 Å². The number of carbonyl (C=O) groups is 2. The third-order valence-electron chi connectivity index (χ3n) is 3.82. The van der Waals surface area contributed by atoms with Crippen molar-refractivity contribution in [1.29, 1.82) is 0 Å². The number of hydrogen-bond acceptors (Lipinski definition) is 4. The molecule has 3 aromatic rings. The second-order valence-corrected chi connectivity index (χ2v) is 5.68. The molecule has 27 heavy (non-hydrogen) atoms. The molecule has 1 N–H and O–H groups in total. The van der Waals surface area contributed by atoms with Gasteiger partial charge in [0.2, 0.25) is 5.78 Å². The number of hydrogen-bond donors (Lipinski definition) is 1. The number of aromatic carboxylic acids is 1. The van der Waals surface area contributed by atoms with E-state index in [9.17, 15) is 9.59 Å². The zero-order valence-corrected chi connectivity index (χ0v) is 14.3. The Balaban J connectivity index is 1.90. The van der Waals surface area contributed by atoms with E-state index in [1.807, 2.05) is 24.3 Å². The summed E-state index contributed by atoms with van der Waals surface area (Å²) in [6, 6.07) is 24.3. The number of carboxylic acid groups (broad SMARTS) is 1. The number of carbonyl (C=O) groups excluding carboxylic acids is 1. The Morgan fingerprint density at radius 3 is 1.81 bits per heavy atom. The fourth-order valence-corrected chi connectivity index (χ4v) is 2.42. The predicted molar refractivity (Wildman–Crippen MR) is 105 cm³/mol. The molecule has 0 aliphatic heterocycles. The summed E-state index contributed by atoms with van der Waals surface area (Å²) >= 11 is 0. The zero-order chi connectivity index (χ0) is 19.1. The molecule has 0 amide bonds. The Morgan fingerprint density at radius 1 is 0.704 bits per heavy atom. The molecule has 0 unspecified atom stereocenters. The zero-order valence-electron chi connectivity index (χ0n) is 14.3. The molecule has 0 atom stereocenters. The number of rotatable bonds is 6. The van der Waals surface area contributed by atoms with Crippen LogP contribution in [0.15, 0.2) is 95.1 Å². The number of Topliss-reactive ketones (excluding diaryl/α,β-unsaturated/α-hetero) is 1. The Hall–Kier alpha value is -3.86. The van der Waals surface area contributed by atoms with E-state index in [1.54, 1.807) is 48.5 Å². The first-order chi connectivity index (χ1) is 13.1. The lowest BCUT2D eigenvalue weighted by Gasteiger charge is -2.04. The molecule has 0 saturated carbocycles. The van der Waals surface area contributed by atoms with Crippen molar-refractivity contribution < 1.29 is 14.7 Å². The number of ketones is 1. The van der Waals surface area contributed by atoms with Gasteiger partial charge in [-0.25, -0.2) is 4.79 Å². The smallest absolute Gasteiger partial charge is 0.335 e. The molecule has 0 spiro atoms. The average Bonchev–Trinajstić information content (AvgIpc) is 2.72. The normalized spacial score (nSPS) is 11.5. The second-order valence-electron chi connectivity index (χ2n) is 5.68. The van der Waals surface area contributed by atoms with Crippen LogP contribution in [0.25, 0.3) is 0 Å². The summed E-state index contributed by atoms with van der Waals surface area (Å²) in [6.45, 7) is 0. The summed E-state index contributed by atoms with van der Waals surface area (Å²) in [6.07, 6.45) is 1.48. The molecule has 0 saturated heterocycles. The largest absolute Gasteiger partial charge is 0.478 e. The number of carboxylic acids is 1. The van der Waals surface area contributed by atoms with Crippen molar-refractivity contribution >= 4 is 23.7 Å². The lowest BCUT2D eigenvalue weighted by molar-refractivity contribution is 0.0696. The van der Waals surface area contributed by atoms with Gasteiger partial charge in [0.25, 0.3) is 0 Å². The molecule has 0 radical (unpaired) electrons. The van der Waals surface area contributed by atoms with Crippen LogP contribution in [-0.2, 0) is 0 Å². The molecule has 0 aliphatic carbocycles. The van der Waals surface area contributed by atoms with Crippen LogP contribution >= 0.6 is 0 Å². The molecule has 0 bridgehead atoms. The van der Waals surface area contributed by atoms with Crippen LogP contribution in [-0.4, -0.2) is 28.8 Å². The van der Waals surface area contributed by atoms with E-state index in [0.29, 0.717) is 16.7 Å². The maximum absolute atomic E-state index is 12.8. The van der Waals surface area contributed by atoms with E-state index in [0.717, 1.165) is 0 Å². The minimum absolute atomic E-state index is 0.194. The van der Waals surface area contributed by atoms with Crippen molar-refractivity contribution in [2.75, 3.05) is 0 Å². The lowest BCUT2D eigenvalue weighted by Crippen LogP contribution is -2.15. The van der Waals surface area contributed by atoms with Crippen molar-refractivity contribution in [2.24, 2.45) is 10.2 Å². The third-order valence-corrected chi connectivity index (χ3v) is 3.82. The number of benzene rings is 3. The molecule has 0 heterocycles. The van der Waals surface area contributed by atoms with Gasteiger partial charge in [-0.1, -0.05) is 72.8 Å². The van der Waals surface area contributed by atoms with E-state index in [1.165, 1.54) is 18.3 Å². The minimum Gasteiger partial charge on any atom is -0.478 e. The Kier molecular flexibility index (Phi) is 5.64. The Morgan fingerprint density at radius 2 is 1.26 bits per heavy atom. The van der Waals surface area contributed by atoms with Crippen molar-refractivity contribution in [3.8, 4) is 0 Å². The fraction of sp³-hybridized carbons (Fsp3) is 0. The van der Waals surface area contributed by atoms with Gasteiger partial charge in [-0.05, 0) is 17.7 Å². The van der Waals surface area contributed by atoms with Crippen molar-refractivity contribution in [3.63, 3.8) is 0 Å². The maximum atomic E-state index is 12.8. The van der Waals surface area contributed by atoms with Gasteiger partial charge in [0, 0.05) is 11.1 Å². The summed E-state index contributed by atoms with van der Waals surface area (Å²) in [5.74, 6) is -1.21. The van der Waals surface area contributed by atoms with E-state index in [-0.39, 0.29) is 17.1 Å². The molecule has 132 valence electrons. The second kappa shape index (κ2) is 8.49. The molecule has 0 aromatic heterocycles. The van der Waals surface area contributed by atoms with Gasteiger partial charge in [0.1, 0.15) is 5.71 Å². The fourth-order valence-electron chi connectivity index (χ4n) is 2.42. The highest BCUT2D eigenvalue weighted by Gasteiger charge is 2.15. The molecule has 3 aromatic carbocycles. The monoisotopic (exact) mass is 356 g/mol. The lowest BCUT2D eigenvalue weighted by atomic mass is 10.0. The SMILES string of the molecule is O=C(O)c1ccc(/C=N\N=C(/C(=O)c2ccccc2)c2ccccc2)cc1. The quantitative estimate of drug-likeness (QED) is 0.410. The van der Waals surface area contributed by atoms with E-state index < -0.39 is 5.97 Å². The van der Waals surface area contributed by atoms with Gasteiger partial charge in [0.15, 0.2) is 0 Å². The van der Waals surface area contributed by atoms with Gasteiger partial charge in [-0.15, -0.1) is 5.10 Å². The van der Waals surface area contributed by atoms with Crippen LogP contribution in [0.5, 0.6) is 0 Å². The van der Waals surface area contributed by atoms with Crippen LogP contribution in [0.4, 0.5) is 0 Å². The summed E-state index contributed by atoms with van der Waals surface area (Å²) in [5.41, 5.74) is 2.31. The number of nitrogens with zero attached hydrogens (tertiary/aromatic N) is 2. The van der Waals surface area contributed by atoms with Crippen LogP contribution in [0, 0.1) is 0 Å². The van der Waals surface area contributed by atoms with Gasteiger partial charge in [-0.2, -0.15) is 5.10 Å². The first-order valence-electron chi connectivity index (χ1n) is 8.25. The summed E-state index contributed by atoms with van der Waals surface area (Å²) in [7, 11) is 0. The molecule has 0 fully saturated rings. The third kappa shape index (κ3) is 4.61. The predicted octanol–water partition coefficient (Wildman–Crippen LogP) is 4.09. The van der Waals surface area contributed by atoms with Gasteiger partial charge >= 0.3 is 5.97 Å². The molecule has 0 aliphatic rings. The highest BCUT2D eigenvalue weighted by molar-refractivity contribution is 6.51. The first kappa shape index (κ1) is 17.9. The summed E-state index contributed by atoms with van der Waals surface area (Å²) < 4.78 is 0. The standard InChI is InChI=1S/C22H16N2O3/c25-21(18-9-5-2-6-10-18)20(17-7-3-1-4-8-17)24-23-15-16-11-13-19(14-12-16)22(26)27/h1-15H,(H,26,27)/b23-15-,24-20-. The topological polar surface area (TPSA) is 79.1 Å². The molecule has 5 heteroatoms. The van der Waals surface area contributed by atoms with Gasteiger partial charge in [-0.3, -0.25) is 4.79 Å². The highest BCUT2D eigenvalue weighted by Crippen LogP contribution is 2.10. The average molecular weight is 356 g/mol. The van der Waals surface area contributed by atoms with Gasteiger partial charge in [0.05, 0.1) is 11.8 Å². The highest BCUT2D eigenvalue weighted by atomic mass is 16.4. The maximum Gasteiger partial charge on any atom is 0.335 e. The minimum atomic E-state index is -0.990. The Labute approximate surface area is 156 Å². The molecule has 5 nitrogen and oxygen atoms in total. The van der Waals surface area contributed by atoms with Crippen molar-refractivity contribution in [2.45, 2.75) is 0 Å². The van der Waals surface area contributed by atoms with E-state index in [2.05, 4.69) is 10.2 Å².